The van der Waals surface area contributed by atoms with E-state index in [9.17, 15) is 0 Å². The van der Waals surface area contributed by atoms with Crippen LogP contribution in [-0.2, 0) is 13.0 Å². The van der Waals surface area contributed by atoms with Gasteiger partial charge >= 0.3 is 0 Å². The third-order valence-corrected chi connectivity index (χ3v) is 11.0. The van der Waals surface area contributed by atoms with Gasteiger partial charge in [0.2, 0.25) is 0 Å². The van der Waals surface area contributed by atoms with Crippen molar-refractivity contribution in [3.63, 3.8) is 0 Å². The Morgan fingerprint density at radius 3 is 1.63 bits per heavy atom. The number of hydrogen-bond acceptors (Lipinski definition) is 3. The van der Waals surface area contributed by atoms with Crippen LogP contribution in [0.4, 0.5) is 0 Å². The summed E-state index contributed by atoms with van der Waals surface area (Å²) in [5.74, 6) is 0.323. The number of nitrogens with zero attached hydrogens (tertiary/aromatic N) is 3. The van der Waals surface area contributed by atoms with Gasteiger partial charge in [-0.2, -0.15) is 0 Å². The van der Waals surface area contributed by atoms with Gasteiger partial charge in [0, 0.05) is 16.7 Å². The first-order valence-corrected chi connectivity index (χ1v) is 20.5. The molecular weight excluding hydrogens is 727 g/mol. The van der Waals surface area contributed by atoms with Crippen LogP contribution in [0.3, 0.4) is 0 Å². The zero-order valence-corrected chi connectivity index (χ0v) is 34.9. The van der Waals surface area contributed by atoms with E-state index in [4.69, 9.17) is 4.99 Å². The lowest BCUT2D eigenvalue weighted by Gasteiger charge is -2.21. The van der Waals surface area contributed by atoms with Crippen molar-refractivity contribution >= 4 is 36.1 Å². The molecule has 0 bridgehead atoms. The molecular formula is C57H51N3. The summed E-state index contributed by atoms with van der Waals surface area (Å²) in [4.78, 5) is 14.0. The number of aryl methyl sites for hydroxylation is 1. The van der Waals surface area contributed by atoms with Gasteiger partial charge in [-0.25, -0.2) is 0 Å². The predicted octanol–water partition coefficient (Wildman–Crippen LogP) is 14.5. The maximum atomic E-state index is 5.19. The standard InChI is InChI=1S/C57H51N3/c1-40(2)50-31-19-33-52(48-29-18-30-49(36-48)57(60-39-43-21-10-7-11-22-43)38-56(59-6)45-25-14-9-15-26-45)54(50)37-53-41(3)20-16-32-51(53)47-28-17-27-46(35-47)42(4)34-55(58-5)44-23-12-8-13-24-44/h7-36,38,40H,4-6,37,39H2,1-3H3/b55-34-,56-38-,60-57?. The summed E-state index contributed by atoms with van der Waals surface area (Å²) in [5.41, 5.74) is 18.4. The quantitative estimate of drug-likeness (QED) is 0.0734. The van der Waals surface area contributed by atoms with Gasteiger partial charge in [0.15, 0.2) is 0 Å². The highest BCUT2D eigenvalue weighted by atomic mass is 14.8. The predicted molar refractivity (Wildman–Crippen MR) is 259 cm³/mol. The van der Waals surface area contributed by atoms with E-state index < -0.39 is 0 Å². The minimum Gasteiger partial charge on any atom is -0.280 e. The number of rotatable bonds is 15. The Hall–Kier alpha value is -7.23. The van der Waals surface area contributed by atoms with Crippen LogP contribution in [-0.4, -0.2) is 19.1 Å². The highest BCUT2D eigenvalue weighted by Crippen LogP contribution is 2.37. The first-order chi connectivity index (χ1) is 29.3. The van der Waals surface area contributed by atoms with E-state index in [2.05, 4.69) is 178 Å². The molecule has 3 heteroatoms. The molecule has 0 unspecified atom stereocenters. The van der Waals surface area contributed by atoms with Crippen molar-refractivity contribution in [3.05, 3.63) is 245 Å². The number of benzene rings is 7. The SMILES string of the molecule is C=N/C(=C\C(=C)c1cccc(-c2cccc(C)c2Cc2c(-c3cccc(C(/C=C(\N=C)c4ccccc4)=NCc4ccccc4)c3)cccc2C(C)C)c1)c1ccccc1. The van der Waals surface area contributed by atoms with Crippen molar-refractivity contribution in [2.75, 3.05) is 0 Å². The van der Waals surface area contributed by atoms with E-state index in [1.165, 1.54) is 33.4 Å². The molecule has 7 aromatic rings. The molecule has 0 saturated carbocycles. The summed E-state index contributed by atoms with van der Waals surface area (Å²) in [6, 6.07) is 61.5. The van der Waals surface area contributed by atoms with Crippen molar-refractivity contribution < 1.29 is 0 Å². The Morgan fingerprint density at radius 1 is 0.533 bits per heavy atom. The van der Waals surface area contributed by atoms with Crippen LogP contribution in [0.5, 0.6) is 0 Å². The third kappa shape index (κ3) is 9.72. The lowest BCUT2D eigenvalue weighted by Crippen LogP contribution is -2.05. The lowest BCUT2D eigenvalue weighted by molar-refractivity contribution is 0.849. The first kappa shape index (κ1) is 40.9. The van der Waals surface area contributed by atoms with Gasteiger partial charge in [-0.05, 0) is 118 Å². The van der Waals surface area contributed by atoms with Crippen molar-refractivity contribution in [2.24, 2.45) is 15.0 Å². The fourth-order valence-electron chi connectivity index (χ4n) is 7.75. The molecule has 294 valence electrons. The van der Waals surface area contributed by atoms with Gasteiger partial charge in [-0.1, -0.05) is 184 Å². The van der Waals surface area contributed by atoms with E-state index in [0.29, 0.717) is 12.5 Å². The maximum absolute atomic E-state index is 5.19. The van der Waals surface area contributed by atoms with Gasteiger partial charge < -0.3 is 0 Å². The summed E-state index contributed by atoms with van der Waals surface area (Å²) in [6.07, 6.45) is 4.85. The maximum Gasteiger partial charge on any atom is 0.0716 e. The summed E-state index contributed by atoms with van der Waals surface area (Å²) in [6.45, 7) is 19.6. The minimum atomic E-state index is 0.323. The molecule has 0 aromatic heterocycles. The molecule has 0 N–H and O–H groups in total. The Balaban J connectivity index is 1.29. The average molecular weight is 778 g/mol. The molecule has 7 rings (SSSR count). The van der Waals surface area contributed by atoms with Gasteiger partial charge in [0.25, 0.3) is 0 Å². The molecule has 0 amide bonds. The highest BCUT2D eigenvalue weighted by molar-refractivity contribution is 6.13. The number of hydrogen-bond donors (Lipinski definition) is 0. The molecule has 0 saturated heterocycles. The van der Waals surface area contributed by atoms with Crippen LogP contribution >= 0.6 is 0 Å². The summed E-state index contributed by atoms with van der Waals surface area (Å²) in [7, 11) is 0. The van der Waals surface area contributed by atoms with E-state index in [-0.39, 0.29) is 0 Å². The molecule has 0 aliphatic heterocycles. The van der Waals surface area contributed by atoms with E-state index in [0.717, 1.165) is 68.0 Å². The normalized spacial score (nSPS) is 12.0. The second-order valence-corrected chi connectivity index (χ2v) is 15.3. The van der Waals surface area contributed by atoms with Gasteiger partial charge in [0.05, 0.1) is 23.7 Å². The molecule has 0 spiro atoms. The van der Waals surface area contributed by atoms with Crippen LogP contribution in [0.2, 0.25) is 0 Å². The Kier molecular flexibility index (Phi) is 13.3. The number of aliphatic imine (C=N–C) groups is 3. The molecule has 60 heavy (non-hydrogen) atoms. The zero-order valence-electron chi connectivity index (χ0n) is 34.9. The van der Waals surface area contributed by atoms with Crippen LogP contribution in [0.15, 0.2) is 210 Å². The highest BCUT2D eigenvalue weighted by Gasteiger charge is 2.18. The second kappa shape index (κ2) is 19.5. The molecule has 0 atom stereocenters. The Morgan fingerprint density at radius 2 is 1.03 bits per heavy atom. The minimum absolute atomic E-state index is 0.323. The summed E-state index contributed by atoms with van der Waals surface area (Å²) < 4.78 is 0. The van der Waals surface area contributed by atoms with Gasteiger partial charge in [-0.3, -0.25) is 15.0 Å². The molecule has 0 heterocycles. The second-order valence-electron chi connectivity index (χ2n) is 15.3. The van der Waals surface area contributed by atoms with E-state index in [1.54, 1.807) is 0 Å². The molecule has 0 radical (unpaired) electrons. The zero-order chi connectivity index (χ0) is 41.8. The van der Waals surface area contributed by atoms with E-state index >= 15 is 0 Å². The number of allylic oxidation sites excluding steroid dienone is 3. The Labute approximate surface area is 356 Å². The summed E-state index contributed by atoms with van der Waals surface area (Å²) in [5, 5.41) is 0. The molecule has 0 fully saturated rings. The first-order valence-electron chi connectivity index (χ1n) is 20.5. The fraction of sp³-hybridized carbons (Fsp3) is 0.105. The van der Waals surface area contributed by atoms with Crippen LogP contribution < -0.4 is 0 Å². The van der Waals surface area contributed by atoms with Crippen LogP contribution in [0, 0.1) is 6.92 Å². The molecule has 7 aromatic carbocycles. The van der Waals surface area contributed by atoms with Crippen molar-refractivity contribution in [2.45, 2.75) is 39.7 Å². The smallest absolute Gasteiger partial charge is 0.0716 e. The fourth-order valence-corrected chi connectivity index (χ4v) is 7.75. The molecule has 3 nitrogen and oxygen atoms in total. The molecule has 0 aliphatic carbocycles. The Bertz CT molecular complexity index is 2720. The molecule has 0 aliphatic rings. The van der Waals surface area contributed by atoms with Crippen LogP contribution in [0.1, 0.15) is 69.8 Å². The topological polar surface area (TPSA) is 37.1 Å². The lowest BCUT2D eigenvalue weighted by atomic mass is 9.83. The van der Waals surface area contributed by atoms with Gasteiger partial charge in [-0.15, -0.1) is 0 Å². The monoisotopic (exact) mass is 777 g/mol. The van der Waals surface area contributed by atoms with E-state index in [1.807, 2.05) is 60.7 Å². The van der Waals surface area contributed by atoms with Crippen molar-refractivity contribution in [3.8, 4) is 22.3 Å². The van der Waals surface area contributed by atoms with Gasteiger partial charge in [0.1, 0.15) is 0 Å². The average Bonchev–Trinajstić information content (AvgIpc) is 3.29. The van der Waals surface area contributed by atoms with Crippen molar-refractivity contribution in [1.29, 1.82) is 0 Å². The summed E-state index contributed by atoms with van der Waals surface area (Å²) >= 11 is 0. The third-order valence-electron chi connectivity index (χ3n) is 11.0. The van der Waals surface area contributed by atoms with Crippen molar-refractivity contribution in [1.82, 2.24) is 0 Å². The van der Waals surface area contributed by atoms with Crippen LogP contribution in [0.25, 0.3) is 39.2 Å². The largest absolute Gasteiger partial charge is 0.280 e.